The summed E-state index contributed by atoms with van der Waals surface area (Å²) in [6.45, 7) is 0.383. The van der Waals surface area contributed by atoms with Crippen molar-refractivity contribution in [1.82, 2.24) is 14.9 Å². The Morgan fingerprint density at radius 3 is 2.52 bits per heavy atom. The maximum Gasteiger partial charge on any atom is 0.411 e. The molecule has 2 aliphatic rings. The van der Waals surface area contributed by atoms with Crippen LogP contribution in [-0.2, 0) is 0 Å². The van der Waals surface area contributed by atoms with Gasteiger partial charge in [0, 0.05) is 37.9 Å². The summed E-state index contributed by atoms with van der Waals surface area (Å²) in [6, 6.07) is 4.28. The van der Waals surface area contributed by atoms with Crippen LogP contribution in [0.3, 0.4) is 0 Å². The van der Waals surface area contributed by atoms with E-state index in [1.807, 2.05) is 0 Å². The molecular weight excluding hydrogens is 415 g/mol. The fourth-order valence-corrected chi connectivity index (χ4v) is 3.35. The first-order valence-electron chi connectivity index (χ1n) is 9.20. The van der Waals surface area contributed by atoms with Gasteiger partial charge in [-0.25, -0.2) is 32.8 Å². The van der Waals surface area contributed by atoms with E-state index in [2.05, 4.69) is 14.8 Å². The molecule has 2 aromatic rings. The van der Waals surface area contributed by atoms with Gasteiger partial charge in [0.2, 0.25) is 5.88 Å². The molecule has 1 saturated heterocycles. The predicted molar refractivity (Wildman–Crippen MR) is 103 cm³/mol. The zero-order valence-electron chi connectivity index (χ0n) is 16.0. The average Bonchev–Trinajstić information content (AvgIpc) is 3.15. The molecule has 0 aliphatic carbocycles. The Bertz CT molecular complexity index is 1090. The molecule has 0 saturated carbocycles. The van der Waals surface area contributed by atoms with E-state index < -0.39 is 35.6 Å². The first kappa shape index (κ1) is 20.4. The third-order valence-corrected chi connectivity index (χ3v) is 4.75. The monoisotopic (exact) mass is 431 g/mol. The first-order valence-corrected chi connectivity index (χ1v) is 9.20. The van der Waals surface area contributed by atoms with Gasteiger partial charge in [-0.05, 0) is 35.4 Å². The fraction of sp³-hybridized carbons (Fsp3) is 0.200. The highest BCUT2D eigenvalue weighted by molar-refractivity contribution is 5.80. The van der Waals surface area contributed by atoms with Crippen LogP contribution in [0, 0.1) is 17.5 Å². The van der Waals surface area contributed by atoms with Crippen molar-refractivity contribution in [3.05, 3.63) is 64.6 Å². The van der Waals surface area contributed by atoms with Crippen LogP contribution in [0.2, 0.25) is 0 Å². The number of hydrogen-bond donors (Lipinski definition) is 1. The summed E-state index contributed by atoms with van der Waals surface area (Å²) in [5.74, 6) is -2.25. The molecule has 11 heteroatoms. The van der Waals surface area contributed by atoms with Crippen LogP contribution in [0.1, 0.15) is 23.7 Å². The molecule has 1 aromatic heterocycles. The number of primary amides is 1. The minimum absolute atomic E-state index is 0.0619. The van der Waals surface area contributed by atoms with Crippen molar-refractivity contribution in [3.8, 4) is 5.88 Å². The van der Waals surface area contributed by atoms with E-state index in [0.29, 0.717) is 17.6 Å². The second-order valence-electron chi connectivity index (χ2n) is 6.98. The van der Waals surface area contributed by atoms with Crippen molar-refractivity contribution < 1.29 is 27.5 Å². The van der Waals surface area contributed by atoms with Crippen LogP contribution >= 0.6 is 0 Å². The van der Waals surface area contributed by atoms with Gasteiger partial charge in [0.25, 0.3) is 0 Å². The summed E-state index contributed by atoms with van der Waals surface area (Å²) in [6.07, 6.45) is 2.20. The largest absolute Gasteiger partial charge is 0.411 e. The molecule has 3 heterocycles. The Morgan fingerprint density at radius 1 is 1.13 bits per heavy atom. The van der Waals surface area contributed by atoms with Crippen molar-refractivity contribution in [2.24, 2.45) is 10.8 Å². The Hall–Kier alpha value is -3.89. The van der Waals surface area contributed by atoms with E-state index in [-0.39, 0.29) is 24.7 Å². The van der Waals surface area contributed by atoms with Gasteiger partial charge in [0.05, 0.1) is 6.04 Å². The summed E-state index contributed by atoms with van der Waals surface area (Å²) in [5, 5.41) is 5.21. The van der Waals surface area contributed by atoms with E-state index in [1.165, 1.54) is 40.4 Å². The highest BCUT2D eigenvalue weighted by Gasteiger charge is 2.35. The van der Waals surface area contributed by atoms with Gasteiger partial charge in [-0.1, -0.05) is 0 Å². The Kier molecular flexibility index (Phi) is 5.32. The fourth-order valence-electron chi connectivity index (χ4n) is 3.35. The molecule has 1 aromatic carbocycles. The highest BCUT2D eigenvalue weighted by atomic mass is 19.1. The summed E-state index contributed by atoms with van der Waals surface area (Å²) in [7, 11) is 0. The minimum Gasteiger partial charge on any atom is -0.391 e. The number of aromatic nitrogens is 1. The standard InChI is InChI=1S/C20H16F3N5O3/c21-13-6-12(7-14(22)8-13)17-3-4-25-28(17)20(30)27-9-11(10-27)5-16-15(23)1-2-18(26-16)31-19(24)29/h1-2,4-8,17H,3,9-10H2,(H2,24,29)/t17-/m0/s1. The van der Waals surface area contributed by atoms with Gasteiger partial charge < -0.3 is 15.4 Å². The quantitative estimate of drug-likeness (QED) is 0.806. The number of ether oxygens (including phenoxy) is 1. The number of nitrogens with two attached hydrogens (primary N) is 1. The lowest BCUT2D eigenvalue weighted by atomic mass is 10.0. The van der Waals surface area contributed by atoms with Crippen LogP contribution in [0.25, 0.3) is 6.08 Å². The molecule has 160 valence electrons. The second-order valence-corrected chi connectivity index (χ2v) is 6.98. The first-order chi connectivity index (χ1) is 14.8. The number of likely N-dealkylation sites (tertiary alicyclic amines) is 1. The van der Waals surface area contributed by atoms with Gasteiger partial charge in [-0.15, -0.1) is 0 Å². The molecule has 2 N–H and O–H groups in total. The number of carbonyl (C=O) groups is 2. The maximum atomic E-state index is 14.0. The normalized spacial score (nSPS) is 17.5. The highest BCUT2D eigenvalue weighted by Crippen LogP contribution is 2.32. The molecule has 0 spiro atoms. The number of rotatable bonds is 3. The van der Waals surface area contributed by atoms with E-state index in [9.17, 15) is 22.8 Å². The Balaban J connectivity index is 1.44. The molecule has 8 nitrogen and oxygen atoms in total. The molecule has 1 fully saturated rings. The summed E-state index contributed by atoms with van der Waals surface area (Å²) in [5.41, 5.74) is 5.86. The lowest BCUT2D eigenvalue weighted by Gasteiger charge is -2.37. The number of hydrogen-bond acceptors (Lipinski definition) is 5. The lowest BCUT2D eigenvalue weighted by Crippen LogP contribution is -2.49. The van der Waals surface area contributed by atoms with Crippen LogP contribution < -0.4 is 10.5 Å². The smallest absolute Gasteiger partial charge is 0.391 e. The molecule has 1 atom stereocenters. The second kappa shape index (κ2) is 8.09. The van der Waals surface area contributed by atoms with Gasteiger partial charge in [0.1, 0.15) is 23.1 Å². The van der Waals surface area contributed by atoms with Crippen molar-refractivity contribution in [2.45, 2.75) is 12.5 Å². The topological polar surface area (TPSA) is 101 Å². The predicted octanol–water partition coefficient (Wildman–Crippen LogP) is 3.21. The SMILES string of the molecule is NC(=O)Oc1ccc(F)c(C=C2CN(C(=O)N3N=CC[C@H]3c3cc(F)cc(F)c3)C2)n1. The summed E-state index contributed by atoms with van der Waals surface area (Å²) in [4.78, 5) is 28.9. The van der Waals surface area contributed by atoms with E-state index in [0.717, 1.165) is 12.1 Å². The van der Waals surface area contributed by atoms with Crippen LogP contribution in [0.15, 0.2) is 41.0 Å². The van der Waals surface area contributed by atoms with Gasteiger partial charge in [-0.2, -0.15) is 5.10 Å². The number of benzene rings is 1. The van der Waals surface area contributed by atoms with Crippen LogP contribution in [-0.4, -0.2) is 46.3 Å². The molecule has 3 amide bonds. The summed E-state index contributed by atoms with van der Waals surface area (Å²) < 4.78 is 45.7. The molecule has 0 unspecified atom stereocenters. The molecule has 31 heavy (non-hydrogen) atoms. The van der Waals surface area contributed by atoms with Gasteiger partial charge in [0.15, 0.2) is 0 Å². The number of halogens is 3. The molecule has 0 bridgehead atoms. The zero-order valence-corrected chi connectivity index (χ0v) is 16.0. The molecule has 0 radical (unpaired) electrons. The Morgan fingerprint density at radius 2 is 1.84 bits per heavy atom. The van der Waals surface area contributed by atoms with Crippen LogP contribution in [0.4, 0.5) is 22.8 Å². The number of hydrazone groups is 1. The third kappa shape index (κ3) is 4.34. The van der Waals surface area contributed by atoms with Crippen molar-refractivity contribution in [3.63, 3.8) is 0 Å². The number of carbonyl (C=O) groups excluding carboxylic acids is 2. The van der Waals surface area contributed by atoms with Gasteiger partial charge >= 0.3 is 12.1 Å². The number of amides is 3. The Labute approximate surface area is 174 Å². The van der Waals surface area contributed by atoms with Crippen molar-refractivity contribution in [2.75, 3.05) is 13.1 Å². The van der Waals surface area contributed by atoms with E-state index in [4.69, 9.17) is 5.73 Å². The van der Waals surface area contributed by atoms with Crippen LogP contribution in [0.5, 0.6) is 5.88 Å². The number of pyridine rings is 1. The van der Waals surface area contributed by atoms with Gasteiger partial charge in [-0.3, -0.25) is 0 Å². The van der Waals surface area contributed by atoms with E-state index >= 15 is 0 Å². The lowest BCUT2D eigenvalue weighted by molar-refractivity contribution is 0.136. The number of urea groups is 1. The molecule has 2 aliphatic heterocycles. The maximum absolute atomic E-state index is 14.0. The van der Waals surface area contributed by atoms with Crippen molar-refractivity contribution in [1.29, 1.82) is 0 Å². The zero-order chi connectivity index (χ0) is 22.1. The summed E-state index contributed by atoms with van der Waals surface area (Å²) >= 11 is 0. The average molecular weight is 431 g/mol. The minimum atomic E-state index is -1.07. The molecular formula is C20H16F3N5O3. The third-order valence-electron chi connectivity index (χ3n) is 4.75. The number of nitrogens with zero attached hydrogens (tertiary/aromatic N) is 4. The molecule has 4 rings (SSSR count). The van der Waals surface area contributed by atoms with E-state index in [1.54, 1.807) is 0 Å². The van der Waals surface area contributed by atoms with Crippen molar-refractivity contribution >= 4 is 24.4 Å².